The van der Waals surface area contributed by atoms with Crippen LogP contribution in [-0.4, -0.2) is 20.2 Å². The maximum Gasteiger partial charge on any atom is 0.252 e. The van der Waals surface area contributed by atoms with Gasteiger partial charge in [0, 0.05) is 88.1 Å². The Kier molecular flexibility index (Phi) is 18.6. The summed E-state index contributed by atoms with van der Waals surface area (Å²) < 4.78 is 79.6. The van der Waals surface area contributed by atoms with Gasteiger partial charge in [-0.3, -0.25) is 0 Å². The predicted molar refractivity (Wildman–Crippen MR) is 613 cm³/mol. The Morgan fingerprint density at radius 3 is 1.13 bits per heavy atom. The molecule has 696 valence electrons. The zero-order chi connectivity index (χ0) is 104. The molecule has 6 heteroatoms. The van der Waals surface area contributed by atoms with E-state index in [1.54, 1.807) is 0 Å². The molecule has 2 aliphatic heterocycles. The van der Waals surface area contributed by atoms with Crippen molar-refractivity contribution in [3.63, 3.8) is 0 Å². The van der Waals surface area contributed by atoms with Crippen molar-refractivity contribution in [3.05, 3.63) is 409 Å². The number of para-hydroxylation sites is 3. The number of benzene rings is 18. The summed E-state index contributed by atoms with van der Waals surface area (Å²) in [5.74, 6) is 0. The van der Waals surface area contributed by atoms with Gasteiger partial charge in [-0.05, 0) is 234 Å². The summed E-state index contributed by atoms with van der Waals surface area (Å²) in [6.07, 6.45) is 0. The van der Waals surface area contributed by atoms with Gasteiger partial charge in [0.05, 0.1) is 71.0 Å². The van der Waals surface area contributed by atoms with Gasteiger partial charge in [-0.15, -0.1) is 0 Å². The van der Waals surface area contributed by atoms with E-state index < -0.39 is 24.2 Å². The average molecular weight is 1850 g/mol. The number of anilines is 6. The molecule has 24 rings (SSSR count). The Labute approximate surface area is 847 Å². The summed E-state index contributed by atoms with van der Waals surface area (Å²) >= 11 is 0. The molecule has 0 amide bonds. The Hall–Kier alpha value is -15.0. The summed E-state index contributed by atoms with van der Waals surface area (Å²) in [5.41, 5.74) is 35.5. The summed E-state index contributed by atoms with van der Waals surface area (Å²) in [6.45, 7) is 48.2. The second-order valence-corrected chi connectivity index (χ2v) is 47.2. The van der Waals surface area contributed by atoms with Crippen LogP contribution in [0.25, 0.3) is 171 Å². The van der Waals surface area contributed by atoms with Crippen molar-refractivity contribution >= 4 is 139 Å². The van der Waals surface area contributed by atoms with Gasteiger partial charge >= 0.3 is 0 Å². The smallest absolute Gasteiger partial charge is 0.252 e. The lowest BCUT2D eigenvalue weighted by atomic mass is 9.33. The number of aromatic nitrogens is 3. The van der Waals surface area contributed by atoms with Gasteiger partial charge in [-0.1, -0.05) is 430 Å². The van der Waals surface area contributed by atoms with Crippen LogP contribution >= 0.6 is 0 Å². The van der Waals surface area contributed by atoms with Crippen molar-refractivity contribution < 1.29 is 9.60 Å². The Balaban J connectivity index is 0.971. The summed E-state index contributed by atoms with van der Waals surface area (Å²) in [4.78, 5) is 5.40. The van der Waals surface area contributed by atoms with E-state index in [9.17, 15) is 9.60 Å². The summed E-state index contributed by atoms with van der Waals surface area (Å²) in [5, 5.41) is 6.15. The van der Waals surface area contributed by atoms with Gasteiger partial charge in [0.2, 0.25) is 0 Å². The molecule has 5 nitrogen and oxygen atoms in total. The van der Waals surface area contributed by atoms with Crippen molar-refractivity contribution in [2.45, 2.75) is 183 Å². The molecule has 0 atom stereocenters. The van der Waals surface area contributed by atoms with Gasteiger partial charge in [-0.25, -0.2) is 0 Å². The molecule has 6 heterocycles. The first-order valence-corrected chi connectivity index (χ1v) is 50.6. The molecule has 0 aliphatic carbocycles. The Morgan fingerprint density at radius 2 is 0.634 bits per heavy atom. The average Bonchev–Trinajstić information content (AvgIpc) is 1.51. The molecular weight excluding hydrogens is 1710 g/mol. The number of rotatable bonds is 11. The molecule has 0 N–H and O–H groups in total. The lowest BCUT2D eigenvalue weighted by Crippen LogP contribution is -2.61. The third-order valence-electron chi connectivity index (χ3n) is 30.6. The summed E-state index contributed by atoms with van der Waals surface area (Å²) in [7, 11) is 0. The van der Waals surface area contributed by atoms with Crippen molar-refractivity contribution in [3.8, 4) is 89.3 Å². The van der Waals surface area contributed by atoms with Gasteiger partial charge < -0.3 is 23.3 Å². The second kappa shape index (κ2) is 32.3. The fraction of sp³-hybridized carbons (Fsp3) is 0.206. The topological polar surface area (TPSA) is 20.8 Å². The zero-order valence-corrected chi connectivity index (χ0v) is 85.5. The minimum atomic E-state index is -0.645. The van der Waals surface area contributed by atoms with Crippen LogP contribution in [-0.2, 0) is 37.9 Å². The highest BCUT2D eigenvalue weighted by Gasteiger charge is 2.50. The third kappa shape index (κ3) is 14.5. The molecule has 2 aliphatic rings. The monoisotopic (exact) mass is 1850 g/mol. The molecule has 4 aromatic heterocycles. The molecule has 0 saturated heterocycles. The van der Waals surface area contributed by atoms with Crippen molar-refractivity contribution in [1.82, 2.24) is 13.5 Å². The quantitative estimate of drug-likeness (QED) is 0.120. The minimum absolute atomic E-state index is 0.0519. The molecule has 0 unspecified atom stereocenters. The first-order chi connectivity index (χ1) is 70.8. The standard InChI is InChI=1S/C136H124BN5/c1-130(2,3)92-50-40-49-87(69-92)88-59-67-112-120(73-88)141(125-107(83-41-26-22-27-42-83)76-96(134(13,14)15)77-108(125)84-43-28-23-29-44-84)128-122-105-63-57-89(91-70-94(132(7,8)9)75-95(71-91)133(10,11)12)72-117(105)140-118-74-90(100-65-60-93(131(4,5)6)80-111(100)136(19,20)21)58-64-106(118)123(127(122)140)129-124(128)137(112)113-68-62-99(82-121(113)142(129)126-109(85-45-30-24-31-46-85)78-97(135(16,17)18)79-110(126)86-47-32-25-33-48-86)139-116-56-39-36-53-103(116)104-66-61-98(81-119(104)139)138-114-54-37-34-51-101(114)102-52-35-38-55-115(102)138/h22-82H,1-21H3/i36D,39D,53D,56D,61D,66D,81D. The van der Waals surface area contributed by atoms with E-state index in [0.717, 1.165) is 194 Å². The Morgan fingerprint density at radius 1 is 0.232 bits per heavy atom. The third-order valence-corrected chi connectivity index (χ3v) is 30.6. The lowest BCUT2D eigenvalue weighted by molar-refractivity contribution is 0.568. The first-order valence-electron chi connectivity index (χ1n) is 54.1. The van der Waals surface area contributed by atoms with Crippen LogP contribution in [0.4, 0.5) is 34.1 Å². The minimum Gasteiger partial charge on any atom is -0.309 e. The molecule has 22 aromatic rings. The molecule has 18 aromatic carbocycles. The fourth-order valence-corrected chi connectivity index (χ4v) is 22.9. The van der Waals surface area contributed by atoms with Gasteiger partial charge in [-0.2, -0.15) is 0 Å². The van der Waals surface area contributed by atoms with Gasteiger partial charge in [0.15, 0.2) is 0 Å². The van der Waals surface area contributed by atoms with E-state index in [-0.39, 0.29) is 90.2 Å². The second-order valence-electron chi connectivity index (χ2n) is 47.2. The van der Waals surface area contributed by atoms with Crippen molar-refractivity contribution in [2.24, 2.45) is 0 Å². The molecular formula is C136H124BN5. The van der Waals surface area contributed by atoms with Crippen molar-refractivity contribution in [1.29, 1.82) is 0 Å². The molecule has 0 spiro atoms. The van der Waals surface area contributed by atoms with Gasteiger partial charge in [0.25, 0.3) is 6.71 Å². The van der Waals surface area contributed by atoms with E-state index in [1.807, 2.05) is 45.5 Å². The van der Waals surface area contributed by atoms with Crippen LogP contribution in [0.2, 0.25) is 0 Å². The number of hydrogen-bond donors (Lipinski definition) is 0. The van der Waals surface area contributed by atoms with Crippen molar-refractivity contribution in [2.75, 3.05) is 9.80 Å². The predicted octanol–water partition coefficient (Wildman–Crippen LogP) is 35.9. The Bertz CT molecular complexity index is 9180. The number of hydrogen-bond acceptors (Lipinski definition) is 2. The van der Waals surface area contributed by atoms with Crippen LogP contribution in [0, 0.1) is 0 Å². The largest absolute Gasteiger partial charge is 0.309 e. The normalized spacial score (nSPS) is 14.0. The maximum absolute atomic E-state index is 11.4. The van der Waals surface area contributed by atoms with E-state index in [4.69, 9.17) is 0 Å². The highest BCUT2D eigenvalue weighted by Crippen LogP contribution is 2.61. The van der Waals surface area contributed by atoms with Crippen LogP contribution in [0.1, 0.15) is 194 Å². The fourth-order valence-electron chi connectivity index (χ4n) is 22.9. The van der Waals surface area contributed by atoms with Gasteiger partial charge in [0.1, 0.15) is 0 Å². The highest BCUT2D eigenvalue weighted by molar-refractivity contribution is 7.01. The molecule has 0 radical (unpaired) electrons. The SMILES string of the molecule is [2H]c1c([2H])c([2H])c2c(c1[2H])c1c([2H])c([2H])c(-n3c4ccccc4c4ccccc43)c([2H])c1n2-c1ccc2c(c1)N(c1c(-c3ccccc3)cc(C(C)(C)C)cc1-c1ccccc1)c1c3c(c4c5ccc(-c6cc(C(C)(C)C)cc(C(C)(C)C)c6)cc5n5c6cc(-c7ccc(C(C)(C)C)cc7C(C)(C)C)ccc6c1c45)N(c1c(-c4ccccc4)cc(C(C)(C)C)cc1-c1ccccc1)c1cc(-c4cccc(C(C)(C)C)c4)ccc1B23. The van der Waals surface area contributed by atoms with Crippen LogP contribution < -0.4 is 26.2 Å². The number of fused-ring (bicyclic) bond motifs is 18. The van der Waals surface area contributed by atoms with E-state index in [0.29, 0.717) is 5.69 Å². The van der Waals surface area contributed by atoms with E-state index in [2.05, 4.69) is 451 Å². The molecule has 0 fully saturated rings. The van der Waals surface area contributed by atoms with E-state index >= 15 is 0 Å². The first kappa shape index (κ1) is 81.8. The van der Waals surface area contributed by atoms with Crippen LogP contribution in [0.3, 0.4) is 0 Å². The lowest BCUT2D eigenvalue weighted by Gasteiger charge is -2.46. The van der Waals surface area contributed by atoms with E-state index in [1.165, 1.54) is 33.4 Å². The van der Waals surface area contributed by atoms with Crippen LogP contribution in [0.15, 0.2) is 370 Å². The summed E-state index contributed by atoms with van der Waals surface area (Å²) in [6, 6.07) is 120. The van der Waals surface area contributed by atoms with Crippen LogP contribution in [0.5, 0.6) is 0 Å². The maximum atomic E-state index is 11.4. The highest BCUT2D eigenvalue weighted by atomic mass is 15.2. The zero-order valence-electron chi connectivity index (χ0n) is 92.5. The molecule has 142 heavy (non-hydrogen) atoms. The molecule has 0 saturated carbocycles. The molecule has 0 bridgehead atoms. The number of nitrogens with zero attached hydrogens (tertiary/aromatic N) is 5.